The molecule has 0 spiro atoms. The van der Waals surface area contributed by atoms with Crippen molar-refractivity contribution in [3.05, 3.63) is 51.4 Å². The Morgan fingerprint density at radius 2 is 1.92 bits per heavy atom. The van der Waals surface area contributed by atoms with Gasteiger partial charge in [0.25, 0.3) is 0 Å². The van der Waals surface area contributed by atoms with Crippen LogP contribution in [-0.2, 0) is 17.6 Å². The molecule has 0 bridgehead atoms. The summed E-state index contributed by atoms with van der Waals surface area (Å²) in [4.78, 5) is 16.8. The van der Waals surface area contributed by atoms with E-state index in [1.165, 1.54) is 0 Å². The predicted octanol–water partition coefficient (Wildman–Crippen LogP) is 4.82. The molecule has 4 nitrogen and oxygen atoms in total. The first-order chi connectivity index (χ1) is 12.1. The molecule has 0 unspecified atom stereocenters. The van der Waals surface area contributed by atoms with E-state index < -0.39 is 0 Å². The van der Waals surface area contributed by atoms with Gasteiger partial charge in [-0.1, -0.05) is 22.0 Å². The lowest BCUT2D eigenvalue weighted by Crippen LogP contribution is -2.04. The molecule has 0 N–H and O–H groups in total. The van der Waals surface area contributed by atoms with Crippen molar-refractivity contribution in [2.24, 2.45) is 0 Å². The van der Waals surface area contributed by atoms with E-state index in [-0.39, 0.29) is 5.78 Å². The van der Waals surface area contributed by atoms with Crippen molar-refractivity contribution >= 4 is 43.3 Å². The van der Waals surface area contributed by atoms with Gasteiger partial charge in [-0.3, -0.25) is 4.79 Å². The summed E-state index contributed by atoms with van der Waals surface area (Å²) in [6, 6.07) is 11.7. The zero-order chi connectivity index (χ0) is 17.8. The Labute approximate surface area is 158 Å². The van der Waals surface area contributed by atoms with Crippen molar-refractivity contribution < 1.29 is 14.3 Å². The molecule has 6 heteroatoms. The third-order valence-corrected chi connectivity index (χ3v) is 5.40. The molecule has 1 aromatic heterocycles. The van der Waals surface area contributed by atoms with Crippen molar-refractivity contribution in [3.8, 4) is 11.5 Å². The average Bonchev–Trinajstić information content (AvgIpc) is 3.00. The number of carbonyl (C=O) groups is 1. The first-order valence-electron chi connectivity index (χ1n) is 7.86. The Bertz CT molecular complexity index is 907. The maximum Gasteiger partial charge on any atom is 0.160 e. The van der Waals surface area contributed by atoms with Crippen LogP contribution < -0.4 is 9.47 Å². The number of ether oxygens (including phenoxy) is 2. The number of thiazole rings is 1. The number of hydrogen-bond acceptors (Lipinski definition) is 5. The number of rotatable bonds is 7. The van der Waals surface area contributed by atoms with Gasteiger partial charge in [0.05, 0.1) is 30.9 Å². The number of ketones is 1. The summed E-state index contributed by atoms with van der Waals surface area (Å²) < 4.78 is 12.6. The molecule has 2 aromatic carbocycles. The van der Waals surface area contributed by atoms with Crippen molar-refractivity contribution in [1.82, 2.24) is 4.98 Å². The number of aryl methyl sites for hydroxylation is 1. The second-order valence-corrected chi connectivity index (χ2v) is 7.66. The third kappa shape index (κ3) is 4.38. The van der Waals surface area contributed by atoms with Crippen molar-refractivity contribution in [3.63, 3.8) is 0 Å². The van der Waals surface area contributed by atoms with Crippen LogP contribution in [0.15, 0.2) is 40.9 Å². The highest BCUT2D eigenvalue weighted by Crippen LogP contribution is 2.28. The molecular weight excluding hydrogens is 402 g/mol. The number of fused-ring (bicyclic) bond motifs is 1. The Morgan fingerprint density at radius 1 is 1.12 bits per heavy atom. The average molecular weight is 420 g/mol. The molecule has 0 aliphatic rings. The van der Waals surface area contributed by atoms with Crippen molar-refractivity contribution in [1.29, 1.82) is 0 Å². The SMILES string of the molecule is COc1ccc(CCC(=O)Cc2nc3ccc(Br)cc3s2)cc1OC. The molecule has 0 amide bonds. The Hall–Kier alpha value is -1.92. The number of carbonyl (C=O) groups excluding carboxylic acids is 1. The van der Waals surface area contributed by atoms with Gasteiger partial charge in [0.2, 0.25) is 0 Å². The minimum atomic E-state index is 0.188. The number of Topliss-reactive ketones (excluding diaryl/α,β-unsaturated/α-hetero) is 1. The van der Waals surface area contributed by atoms with Crippen LogP contribution in [0.25, 0.3) is 10.2 Å². The summed E-state index contributed by atoms with van der Waals surface area (Å²) in [5, 5.41) is 0.866. The van der Waals surface area contributed by atoms with Gasteiger partial charge in [-0.15, -0.1) is 11.3 Å². The lowest BCUT2D eigenvalue weighted by atomic mass is 10.1. The first kappa shape index (κ1) is 17.9. The highest BCUT2D eigenvalue weighted by Gasteiger charge is 2.11. The normalized spacial score (nSPS) is 10.8. The standard InChI is InChI=1S/C19H18BrNO3S/c1-23-16-8-4-12(9-17(16)24-2)3-6-14(22)11-19-21-15-7-5-13(20)10-18(15)25-19/h4-5,7-10H,3,6,11H2,1-2H3. The fraction of sp³-hybridized carbons (Fsp3) is 0.263. The molecule has 25 heavy (non-hydrogen) atoms. The summed E-state index contributed by atoms with van der Waals surface area (Å²) in [6.45, 7) is 0. The molecule has 3 rings (SSSR count). The molecule has 0 aliphatic carbocycles. The van der Waals surface area contributed by atoms with E-state index in [1.54, 1.807) is 25.6 Å². The minimum Gasteiger partial charge on any atom is -0.493 e. The van der Waals surface area contributed by atoms with Gasteiger partial charge in [-0.25, -0.2) is 4.98 Å². The number of hydrogen-bond donors (Lipinski definition) is 0. The molecule has 0 saturated carbocycles. The quantitative estimate of drug-likeness (QED) is 0.550. The second kappa shape index (κ2) is 7.97. The lowest BCUT2D eigenvalue weighted by Gasteiger charge is -2.09. The zero-order valence-electron chi connectivity index (χ0n) is 14.0. The topological polar surface area (TPSA) is 48.4 Å². The molecule has 0 saturated heterocycles. The molecule has 3 aromatic rings. The highest BCUT2D eigenvalue weighted by molar-refractivity contribution is 9.10. The molecular formula is C19H18BrNO3S. The maximum atomic E-state index is 12.3. The fourth-order valence-corrected chi connectivity index (χ4v) is 4.15. The van der Waals surface area contributed by atoms with E-state index in [2.05, 4.69) is 20.9 Å². The lowest BCUT2D eigenvalue weighted by molar-refractivity contribution is -0.118. The Balaban J connectivity index is 1.62. The van der Waals surface area contributed by atoms with Crippen LogP contribution in [0.3, 0.4) is 0 Å². The number of aromatic nitrogens is 1. The van der Waals surface area contributed by atoms with Crippen LogP contribution >= 0.6 is 27.3 Å². The van der Waals surface area contributed by atoms with Gasteiger partial charge in [-0.05, 0) is 42.3 Å². The summed E-state index contributed by atoms with van der Waals surface area (Å²) >= 11 is 5.03. The Morgan fingerprint density at radius 3 is 2.68 bits per heavy atom. The summed E-state index contributed by atoms with van der Waals surface area (Å²) in [6.07, 6.45) is 1.54. The number of benzene rings is 2. The minimum absolute atomic E-state index is 0.188. The van der Waals surface area contributed by atoms with Gasteiger partial charge < -0.3 is 9.47 Å². The smallest absolute Gasteiger partial charge is 0.160 e. The predicted molar refractivity (Wildman–Crippen MR) is 104 cm³/mol. The van der Waals surface area contributed by atoms with Gasteiger partial charge >= 0.3 is 0 Å². The van der Waals surface area contributed by atoms with E-state index in [0.717, 1.165) is 25.3 Å². The maximum absolute atomic E-state index is 12.3. The van der Waals surface area contributed by atoms with E-state index in [0.29, 0.717) is 30.8 Å². The van der Waals surface area contributed by atoms with Crippen LogP contribution in [0.2, 0.25) is 0 Å². The monoisotopic (exact) mass is 419 g/mol. The number of methoxy groups -OCH3 is 2. The van der Waals surface area contributed by atoms with E-state index >= 15 is 0 Å². The summed E-state index contributed by atoms with van der Waals surface area (Å²) in [7, 11) is 3.22. The van der Waals surface area contributed by atoms with Crippen LogP contribution in [0.4, 0.5) is 0 Å². The van der Waals surface area contributed by atoms with Crippen LogP contribution in [0.5, 0.6) is 11.5 Å². The van der Waals surface area contributed by atoms with E-state index in [9.17, 15) is 4.79 Å². The first-order valence-corrected chi connectivity index (χ1v) is 9.47. The third-order valence-electron chi connectivity index (χ3n) is 3.88. The Kier molecular flexibility index (Phi) is 5.71. The fourth-order valence-electron chi connectivity index (χ4n) is 2.60. The molecule has 1 heterocycles. The second-order valence-electron chi connectivity index (χ2n) is 5.62. The van der Waals surface area contributed by atoms with Gasteiger partial charge in [0.15, 0.2) is 11.5 Å². The van der Waals surface area contributed by atoms with Crippen molar-refractivity contribution in [2.75, 3.05) is 14.2 Å². The molecule has 0 atom stereocenters. The van der Waals surface area contributed by atoms with Crippen molar-refractivity contribution in [2.45, 2.75) is 19.3 Å². The summed E-state index contributed by atoms with van der Waals surface area (Å²) in [5.41, 5.74) is 2.00. The molecule has 0 fully saturated rings. The van der Waals surface area contributed by atoms with Gasteiger partial charge in [-0.2, -0.15) is 0 Å². The number of halogens is 1. The van der Waals surface area contributed by atoms with Crippen LogP contribution in [0.1, 0.15) is 17.0 Å². The van der Waals surface area contributed by atoms with Gasteiger partial charge in [0, 0.05) is 10.9 Å². The molecule has 0 aliphatic heterocycles. The van der Waals surface area contributed by atoms with E-state index in [1.807, 2.05) is 36.4 Å². The highest BCUT2D eigenvalue weighted by atomic mass is 79.9. The van der Waals surface area contributed by atoms with E-state index in [4.69, 9.17) is 9.47 Å². The largest absolute Gasteiger partial charge is 0.493 e. The van der Waals surface area contributed by atoms with Crippen LogP contribution in [0, 0.1) is 0 Å². The van der Waals surface area contributed by atoms with Gasteiger partial charge in [0.1, 0.15) is 10.8 Å². The van der Waals surface area contributed by atoms with Crippen LogP contribution in [-0.4, -0.2) is 25.0 Å². The molecule has 0 radical (unpaired) electrons. The zero-order valence-corrected chi connectivity index (χ0v) is 16.4. The molecule has 130 valence electrons. The summed E-state index contributed by atoms with van der Waals surface area (Å²) in [5.74, 6) is 1.57. The number of nitrogens with zero attached hydrogens (tertiary/aromatic N) is 1.